The molecule has 1 aromatic rings. The summed E-state index contributed by atoms with van der Waals surface area (Å²) in [5.74, 6) is 0.701. The number of benzene rings is 1. The van der Waals surface area contributed by atoms with Crippen LogP contribution in [0.2, 0.25) is 0 Å². The third-order valence-electron chi connectivity index (χ3n) is 3.93. The first-order valence-electron chi connectivity index (χ1n) is 7.66. The van der Waals surface area contributed by atoms with Crippen molar-refractivity contribution in [3.8, 4) is 5.75 Å². The number of carbonyl (C=O) groups excluding carboxylic acids is 1. The summed E-state index contributed by atoms with van der Waals surface area (Å²) in [4.78, 5) is 14.0. The fourth-order valence-corrected chi connectivity index (χ4v) is 2.81. The molecule has 1 N–H and O–H groups in total. The standard InChI is InChI=1S/C17H25NO4/c1-11-7-12(2)17(13(3)8-11)22-10-16(20)18-5-6-21-15(9-18)14(4)19/h7-8,14-15,19H,5-6,9-10H2,1-4H3. The van der Waals surface area contributed by atoms with Crippen LogP contribution in [0.1, 0.15) is 23.6 Å². The first-order valence-corrected chi connectivity index (χ1v) is 7.66. The van der Waals surface area contributed by atoms with Crippen LogP contribution in [0.4, 0.5) is 0 Å². The number of aliphatic hydroxyl groups excluding tert-OH is 1. The van der Waals surface area contributed by atoms with E-state index in [-0.39, 0.29) is 18.6 Å². The van der Waals surface area contributed by atoms with Gasteiger partial charge in [0.25, 0.3) is 5.91 Å². The van der Waals surface area contributed by atoms with Crippen LogP contribution in [0.3, 0.4) is 0 Å². The second-order valence-corrected chi connectivity index (χ2v) is 6.01. The summed E-state index contributed by atoms with van der Waals surface area (Å²) in [5.41, 5.74) is 3.25. The van der Waals surface area contributed by atoms with Gasteiger partial charge in [-0.2, -0.15) is 0 Å². The van der Waals surface area contributed by atoms with Crippen molar-refractivity contribution in [3.63, 3.8) is 0 Å². The van der Waals surface area contributed by atoms with E-state index in [1.807, 2.05) is 32.9 Å². The van der Waals surface area contributed by atoms with Gasteiger partial charge in [-0.3, -0.25) is 4.79 Å². The number of carbonyl (C=O) groups is 1. The van der Waals surface area contributed by atoms with Gasteiger partial charge in [-0.15, -0.1) is 0 Å². The highest BCUT2D eigenvalue weighted by molar-refractivity contribution is 5.78. The zero-order chi connectivity index (χ0) is 16.3. The van der Waals surface area contributed by atoms with Crippen LogP contribution in [-0.2, 0) is 9.53 Å². The summed E-state index contributed by atoms with van der Waals surface area (Å²) in [5, 5.41) is 9.59. The Morgan fingerprint density at radius 3 is 2.64 bits per heavy atom. The smallest absolute Gasteiger partial charge is 0.260 e. The van der Waals surface area contributed by atoms with E-state index in [4.69, 9.17) is 9.47 Å². The third-order valence-corrected chi connectivity index (χ3v) is 3.93. The fraction of sp³-hybridized carbons (Fsp3) is 0.588. The molecule has 2 rings (SSSR count). The molecule has 1 saturated heterocycles. The van der Waals surface area contributed by atoms with Crippen LogP contribution in [0.15, 0.2) is 12.1 Å². The van der Waals surface area contributed by atoms with Gasteiger partial charge in [-0.05, 0) is 38.8 Å². The number of amides is 1. The number of nitrogens with zero attached hydrogens (tertiary/aromatic N) is 1. The first kappa shape index (κ1) is 16.8. The Bertz CT molecular complexity index is 518. The Balaban J connectivity index is 1.95. The molecule has 22 heavy (non-hydrogen) atoms. The molecule has 0 saturated carbocycles. The predicted molar refractivity (Wildman–Crippen MR) is 84.1 cm³/mol. The monoisotopic (exact) mass is 307 g/mol. The maximum atomic E-state index is 12.3. The molecule has 5 nitrogen and oxygen atoms in total. The van der Waals surface area contributed by atoms with E-state index in [9.17, 15) is 9.90 Å². The Kier molecular flexibility index (Phi) is 5.42. The molecule has 2 unspecified atom stereocenters. The van der Waals surface area contributed by atoms with Gasteiger partial charge < -0.3 is 19.5 Å². The second kappa shape index (κ2) is 7.11. The molecule has 0 aliphatic carbocycles. The fourth-order valence-electron chi connectivity index (χ4n) is 2.81. The van der Waals surface area contributed by atoms with Crippen molar-refractivity contribution in [1.82, 2.24) is 4.90 Å². The molecule has 1 heterocycles. The molecule has 1 amide bonds. The second-order valence-electron chi connectivity index (χ2n) is 6.01. The summed E-state index contributed by atoms with van der Waals surface area (Å²) in [7, 11) is 0. The topological polar surface area (TPSA) is 59.0 Å². The lowest BCUT2D eigenvalue weighted by Crippen LogP contribution is -2.50. The van der Waals surface area contributed by atoms with Gasteiger partial charge in [0.1, 0.15) is 11.9 Å². The van der Waals surface area contributed by atoms with E-state index in [2.05, 4.69) is 0 Å². The normalized spacial score (nSPS) is 19.9. The number of morpholine rings is 1. The number of ether oxygens (including phenoxy) is 2. The molecule has 1 aliphatic heterocycles. The number of rotatable bonds is 4. The van der Waals surface area contributed by atoms with Gasteiger partial charge in [0.2, 0.25) is 0 Å². The molecule has 1 aromatic carbocycles. The minimum absolute atomic E-state index is 0.0112. The molecule has 1 aliphatic rings. The molecule has 0 bridgehead atoms. The number of aryl methyl sites for hydroxylation is 3. The zero-order valence-electron chi connectivity index (χ0n) is 13.8. The molecule has 122 valence electrons. The van der Waals surface area contributed by atoms with Crippen LogP contribution in [0, 0.1) is 20.8 Å². The maximum absolute atomic E-state index is 12.3. The summed E-state index contributed by atoms with van der Waals surface area (Å²) in [6.45, 7) is 9.09. The summed E-state index contributed by atoms with van der Waals surface area (Å²) < 4.78 is 11.2. The average molecular weight is 307 g/mol. The largest absolute Gasteiger partial charge is 0.483 e. The number of hydrogen-bond donors (Lipinski definition) is 1. The molecule has 0 spiro atoms. The van der Waals surface area contributed by atoms with Crippen LogP contribution < -0.4 is 4.74 Å². The Morgan fingerprint density at radius 1 is 1.41 bits per heavy atom. The quantitative estimate of drug-likeness (QED) is 0.918. The van der Waals surface area contributed by atoms with Gasteiger partial charge in [-0.25, -0.2) is 0 Å². The highest BCUT2D eigenvalue weighted by Crippen LogP contribution is 2.24. The lowest BCUT2D eigenvalue weighted by Gasteiger charge is -2.34. The van der Waals surface area contributed by atoms with Gasteiger partial charge in [-0.1, -0.05) is 17.7 Å². The molecule has 1 fully saturated rings. The zero-order valence-corrected chi connectivity index (χ0v) is 13.8. The van der Waals surface area contributed by atoms with Gasteiger partial charge >= 0.3 is 0 Å². The van der Waals surface area contributed by atoms with Crippen molar-refractivity contribution >= 4 is 5.91 Å². The summed E-state index contributed by atoms with van der Waals surface area (Å²) in [6.07, 6.45) is -0.904. The summed E-state index contributed by atoms with van der Waals surface area (Å²) >= 11 is 0. The Labute approximate surface area is 131 Å². The van der Waals surface area contributed by atoms with Gasteiger partial charge in [0, 0.05) is 13.1 Å². The van der Waals surface area contributed by atoms with E-state index in [0.29, 0.717) is 19.7 Å². The van der Waals surface area contributed by atoms with Crippen molar-refractivity contribution < 1.29 is 19.4 Å². The van der Waals surface area contributed by atoms with Gasteiger partial charge in [0.05, 0.1) is 12.7 Å². The Morgan fingerprint density at radius 2 is 2.05 bits per heavy atom. The molecule has 2 atom stereocenters. The van der Waals surface area contributed by atoms with E-state index in [0.717, 1.165) is 16.9 Å². The number of aliphatic hydroxyl groups is 1. The minimum Gasteiger partial charge on any atom is -0.483 e. The van der Waals surface area contributed by atoms with Crippen molar-refractivity contribution in [3.05, 3.63) is 28.8 Å². The first-order chi connectivity index (χ1) is 10.4. The minimum atomic E-state index is -0.585. The molecule has 0 radical (unpaired) electrons. The van der Waals surface area contributed by atoms with Crippen molar-refractivity contribution in [2.24, 2.45) is 0 Å². The maximum Gasteiger partial charge on any atom is 0.260 e. The number of hydrogen-bond acceptors (Lipinski definition) is 4. The van der Waals surface area contributed by atoms with Crippen molar-refractivity contribution in [2.45, 2.75) is 39.9 Å². The van der Waals surface area contributed by atoms with Crippen LogP contribution in [-0.4, -0.2) is 54.4 Å². The lowest BCUT2D eigenvalue weighted by molar-refractivity contribution is -0.145. The van der Waals surface area contributed by atoms with Crippen molar-refractivity contribution in [1.29, 1.82) is 0 Å². The molecule has 0 aromatic heterocycles. The molecule has 5 heteroatoms. The highest BCUT2D eigenvalue weighted by atomic mass is 16.5. The van der Waals surface area contributed by atoms with Crippen LogP contribution >= 0.6 is 0 Å². The lowest BCUT2D eigenvalue weighted by atomic mass is 10.1. The van der Waals surface area contributed by atoms with E-state index in [1.54, 1.807) is 11.8 Å². The molecular weight excluding hydrogens is 282 g/mol. The third kappa shape index (κ3) is 3.99. The highest BCUT2D eigenvalue weighted by Gasteiger charge is 2.27. The predicted octanol–water partition coefficient (Wildman–Crippen LogP) is 1.60. The van der Waals surface area contributed by atoms with Crippen LogP contribution in [0.25, 0.3) is 0 Å². The Hall–Kier alpha value is -1.59. The van der Waals surface area contributed by atoms with Crippen molar-refractivity contribution in [2.75, 3.05) is 26.3 Å². The van der Waals surface area contributed by atoms with Crippen LogP contribution in [0.5, 0.6) is 5.75 Å². The van der Waals surface area contributed by atoms with Gasteiger partial charge in [0.15, 0.2) is 6.61 Å². The molecular formula is C17H25NO4. The SMILES string of the molecule is Cc1cc(C)c(OCC(=O)N2CCOC(C(C)O)C2)c(C)c1. The van der Waals surface area contributed by atoms with E-state index >= 15 is 0 Å². The van der Waals surface area contributed by atoms with E-state index in [1.165, 1.54) is 5.56 Å². The summed E-state index contributed by atoms with van der Waals surface area (Å²) in [6, 6.07) is 4.09. The van der Waals surface area contributed by atoms with E-state index < -0.39 is 6.10 Å². The average Bonchev–Trinajstić information content (AvgIpc) is 2.46.